The minimum atomic E-state index is -0.536. The molecule has 0 bridgehead atoms. The standard InChI is InChI=1S/C22H28N4O3/c1-22(2,14-16-7-11-19(27)12-8-16)24-20(28)13-21(29)25-23-15-17-5-9-18(10-6-17)26(3)4/h5-12,15,27H,13-14H2,1-4H3,(H,24,28)(H,25,29)/b23-15-. The number of nitrogens with one attached hydrogen (secondary N) is 2. The number of nitrogens with zero attached hydrogens (tertiary/aromatic N) is 2. The van der Waals surface area contributed by atoms with E-state index in [4.69, 9.17) is 0 Å². The van der Waals surface area contributed by atoms with Gasteiger partial charge < -0.3 is 15.3 Å². The SMILES string of the molecule is CN(C)c1ccc(/C=N\NC(=O)CC(=O)NC(C)(C)Cc2ccc(O)cc2)cc1. The van der Waals surface area contributed by atoms with Gasteiger partial charge in [0.1, 0.15) is 12.2 Å². The van der Waals surface area contributed by atoms with Crippen molar-refractivity contribution in [2.24, 2.45) is 5.10 Å². The van der Waals surface area contributed by atoms with Crippen molar-refractivity contribution >= 4 is 23.7 Å². The fourth-order valence-electron chi connectivity index (χ4n) is 2.81. The lowest BCUT2D eigenvalue weighted by atomic mass is 9.94. The Bertz CT molecular complexity index is 857. The van der Waals surface area contributed by atoms with Gasteiger partial charge in [0, 0.05) is 25.3 Å². The van der Waals surface area contributed by atoms with Crippen molar-refractivity contribution in [1.29, 1.82) is 0 Å². The Kier molecular flexibility index (Phi) is 7.36. The van der Waals surface area contributed by atoms with Crippen molar-refractivity contribution in [1.82, 2.24) is 10.7 Å². The highest BCUT2D eigenvalue weighted by Gasteiger charge is 2.22. The number of carbonyl (C=O) groups excluding carboxylic acids is 2. The number of phenolic OH excluding ortho intramolecular Hbond substituents is 1. The Labute approximate surface area is 171 Å². The molecule has 0 fully saturated rings. The second kappa shape index (κ2) is 9.73. The molecule has 7 heteroatoms. The Hall–Kier alpha value is -3.35. The van der Waals surface area contributed by atoms with E-state index in [1.807, 2.05) is 57.1 Å². The molecule has 0 aliphatic heterocycles. The van der Waals surface area contributed by atoms with Crippen LogP contribution in [0.4, 0.5) is 5.69 Å². The molecule has 7 nitrogen and oxygen atoms in total. The molecule has 0 unspecified atom stereocenters. The summed E-state index contributed by atoms with van der Waals surface area (Å²) in [7, 11) is 3.92. The van der Waals surface area contributed by atoms with Gasteiger partial charge in [0.2, 0.25) is 11.8 Å². The Morgan fingerprint density at radius 1 is 1.03 bits per heavy atom. The molecule has 0 aromatic heterocycles. The summed E-state index contributed by atoms with van der Waals surface area (Å²) in [6.45, 7) is 3.76. The highest BCUT2D eigenvalue weighted by Crippen LogP contribution is 2.16. The van der Waals surface area contributed by atoms with Gasteiger partial charge in [-0.15, -0.1) is 0 Å². The summed E-state index contributed by atoms with van der Waals surface area (Å²) in [6, 6.07) is 14.5. The van der Waals surface area contributed by atoms with E-state index in [0.717, 1.165) is 16.8 Å². The maximum Gasteiger partial charge on any atom is 0.249 e. The highest BCUT2D eigenvalue weighted by atomic mass is 16.3. The molecule has 0 atom stereocenters. The van der Waals surface area contributed by atoms with Crippen molar-refractivity contribution < 1.29 is 14.7 Å². The summed E-state index contributed by atoms with van der Waals surface area (Å²) in [5.74, 6) is -0.664. The molecule has 0 saturated heterocycles. The zero-order valence-electron chi connectivity index (χ0n) is 17.3. The number of aromatic hydroxyl groups is 1. The lowest BCUT2D eigenvalue weighted by Crippen LogP contribution is -2.46. The molecule has 3 N–H and O–H groups in total. The molecule has 0 saturated carbocycles. The molecule has 2 amide bonds. The third kappa shape index (κ3) is 7.65. The van der Waals surface area contributed by atoms with Gasteiger partial charge in [-0.05, 0) is 55.7 Å². The quantitative estimate of drug-likeness (QED) is 0.363. The smallest absolute Gasteiger partial charge is 0.249 e. The number of anilines is 1. The molecule has 29 heavy (non-hydrogen) atoms. The maximum atomic E-state index is 12.2. The summed E-state index contributed by atoms with van der Waals surface area (Å²) >= 11 is 0. The molecule has 0 aliphatic carbocycles. The molecule has 0 heterocycles. The first kappa shape index (κ1) is 21.9. The van der Waals surface area contributed by atoms with Crippen molar-refractivity contribution in [3.63, 3.8) is 0 Å². The summed E-state index contributed by atoms with van der Waals surface area (Å²) < 4.78 is 0. The fraction of sp³-hybridized carbons (Fsp3) is 0.318. The first-order chi connectivity index (χ1) is 13.6. The number of benzene rings is 2. The van der Waals surface area contributed by atoms with E-state index in [0.29, 0.717) is 6.42 Å². The number of hydrogen-bond acceptors (Lipinski definition) is 5. The molecule has 0 aliphatic rings. The second-order valence-corrected chi connectivity index (χ2v) is 7.73. The first-order valence-electron chi connectivity index (χ1n) is 9.33. The van der Waals surface area contributed by atoms with Gasteiger partial charge in [-0.25, -0.2) is 5.43 Å². The average molecular weight is 396 g/mol. The van der Waals surface area contributed by atoms with Crippen LogP contribution in [0.25, 0.3) is 0 Å². The van der Waals surface area contributed by atoms with E-state index in [1.165, 1.54) is 6.21 Å². The van der Waals surface area contributed by atoms with Crippen molar-refractivity contribution in [3.05, 3.63) is 59.7 Å². The van der Waals surface area contributed by atoms with Gasteiger partial charge in [-0.3, -0.25) is 9.59 Å². The average Bonchev–Trinajstić information content (AvgIpc) is 2.63. The summed E-state index contributed by atoms with van der Waals surface area (Å²) in [5.41, 5.74) is 4.72. The van der Waals surface area contributed by atoms with Gasteiger partial charge in [-0.2, -0.15) is 5.10 Å². The van der Waals surface area contributed by atoms with Gasteiger partial charge in [0.05, 0.1) is 6.21 Å². The minimum absolute atomic E-state index is 0.196. The summed E-state index contributed by atoms with van der Waals surface area (Å²) in [6.07, 6.45) is 1.79. The zero-order chi connectivity index (χ0) is 21.4. The van der Waals surface area contributed by atoms with E-state index in [2.05, 4.69) is 15.8 Å². The molecule has 0 spiro atoms. The number of hydrogen-bond donors (Lipinski definition) is 3. The molecular formula is C22H28N4O3. The van der Waals surface area contributed by atoms with Crippen molar-refractivity contribution in [2.45, 2.75) is 32.2 Å². The number of amides is 2. The predicted octanol–water partition coefficient (Wildman–Crippen LogP) is 2.44. The fourth-order valence-corrected chi connectivity index (χ4v) is 2.81. The van der Waals surface area contributed by atoms with Gasteiger partial charge in [0.15, 0.2) is 0 Å². The molecular weight excluding hydrogens is 368 g/mol. The Morgan fingerprint density at radius 2 is 1.66 bits per heavy atom. The van der Waals surface area contributed by atoms with E-state index in [-0.39, 0.29) is 18.1 Å². The lowest BCUT2D eigenvalue weighted by Gasteiger charge is -2.26. The predicted molar refractivity (Wildman–Crippen MR) is 115 cm³/mol. The monoisotopic (exact) mass is 396 g/mol. The molecule has 0 radical (unpaired) electrons. The number of phenols is 1. The third-order valence-corrected chi connectivity index (χ3v) is 4.19. The van der Waals surface area contributed by atoms with Crippen LogP contribution in [0.5, 0.6) is 5.75 Å². The van der Waals surface area contributed by atoms with Crippen LogP contribution in [0.15, 0.2) is 53.6 Å². The van der Waals surface area contributed by atoms with E-state index in [9.17, 15) is 14.7 Å². The van der Waals surface area contributed by atoms with Gasteiger partial charge >= 0.3 is 0 Å². The van der Waals surface area contributed by atoms with Crippen LogP contribution in [0.1, 0.15) is 31.4 Å². The third-order valence-electron chi connectivity index (χ3n) is 4.19. The molecule has 2 aromatic rings. The maximum absolute atomic E-state index is 12.2. The summed E-state index contributed by atoms with van der Waals surface area (Å²) in [4.78, 5) is 26.1. The zero-order valence-corrected chi connectivity index (χ0v) is 17.3. The topological polar surface area (TPSA) is 94.0 Å². The molecule has 2 aromatic carbocycles. The largest absolute Gasteiger partial charge is 0.508 e. The van der Waals surface area contributed by atoms with Crippen LogP contribution < -0.4 is 15.6 Å². The van der Waals surface area contributed by atoms with Crippen molar-refractivity contribution in [3.8, 4) is 5.75 Å². The normalized spacial score (nSPS) is 11.3. The van der Waals surface area contributed by atoms with Crippen LogP contribution in [0.3, 0.4) is 0 Å². The Balaban J connectivity index is 1.80. The van der Waals surface area contributed by atoms with E-state index < -0.39 is 11.4 Å². The number of hydrazone groups is 1. The van der Waals surface area contributed by atoms with Crippen molar-refractivity contribution in [2.75, 3.05) is 19.0 Å². The molecule has 2 rings (SSSR count). The van der Waals surface area contributed by atoms with Crippen LogP contribution >= 0.6 is 0 Å². The summed E-state index contributed by atoms with van der Waals surface area (Å²) in [5, 5.41) is 16.1. The minimum Gasteiger partial charge on any atom is -0.508 e. The second-order valence-electron chi connectivity index (χ2n) is 7.73. The van der Waals surface area contributed by atoms with E-state index in [1.54, 1.807) is 24.3 Å². The van der Waals surface area contributed by atoms with E-state index >= 15 is 0 Å². The lowest BCUT2D eigenvalue weighted by molar-refractivity contribution is -0.130. The molecule has 154 valence electrons. The Morgan fingerprint density at radius 3 is 2.24 bits per heavy atom. The highest BCUT2D eigenvalue weighted by molar-refractivity contribution is 5.97. The van der Waals surface area contributed by atoms with Crippen LogP contribution in [0.2, 0.25) is 0 Å². The number of rotatable bonds is 8. The number of carbonyl (C=O) groups is 2. The first-order valence-corrected chi connectivity index (χ1v) is 9.33. The van der Waals surface area contributed by atoms with Crippen LogP contribution in [0, 0.1) is 0 Å². The van der Waals surface area contributed by atoms with Gasteiger partial charge in [-0.1, -0.05) is 24.3 Å². The van der Waals surface area contributed by atoms with Gasteiger partial charge in [0.25, 0.3) is 0 Å². The van der Waals surface area contributed by atoms with Crippen LogP contribution in [-0.2, 0) is 16.0 Å². The van der Waals surface area contributed by atoms with Crippen LogP contribution in [-0.4, -0.2) is 42.8 Å².